The Bertz CT molecular complexity index is 744. The van der Waals surface area contributed by atoms with Crippen LogP contribution in [0.4, 0.5) is 0 Å². The van der Waals surface area contributed by atoms with Crippen molar-refractivity contribution in [1.29, 1.82) is 0 Å². The van der Waals surface area contributed by atoms with Crippen LogP contribution in [0.3, 0.4) is 0 Å². The Labute approximate surface area is 120 Å². The average Bonchev–Trinajstić information content (AvgIpc) is 2.48. The Balaban J connectivity index is 2.21. The van der Waals surface area contributed by atoms with Crippen molar-refractivity contribution < 1.29 is 4.74 Å². The molecule has 0 saturated carbocycles. The van der Waals surface area contributed by atoms with Gasteiger partial charge in [-0.05, 0) is 42.5 Å². The number of H-pyrrole nitrogens is 1. The molecule has 0 bridgehead atoms. The van der Waals surface area contributed by atoms with Crippen molar-refractivity contribution in [3.63, 3.8) is 0 Å². The summed E-state index contributed by atoms with van der Waals surface area (Å²) in [6, 6.07) is 5.13. The van der Waals surface area contributed by atoms with Gasteiger partial charge in [-0.1, -0.05) is 0 Å². The lowest BCUT2D eigenvalue weighted by molar-refractivity contribution is 0.415. The summed E-state index contributed by atoms with van der Waals surface area (Å²) in [6.07, 6.45) is 1.73. The molecule has 0 atom stereocenters. The maximum absolute atomic E-state index is 12.6. The molecular weight excluding hydrogens is 276 g/mol. The molecule has 20 heavy (non-hydrogen) atoms. The van der Waals surface area contributed by atoms with Gasteiger partial charge in [-0.15, -0.1) is 0 Å². The summed E-state index contributed by atoms with van der Waals surface area (Å²) in [7, 11) is 1.56. The van der Waals surface area contributed by atoms with Gasteiger partial charge in [0.15, 0.2) is 0 Å². The lowest BCUT2D eigenvalue weighted by Gasteiger charge is -2.22. The number of methoxy groups -OCH3 is 1. The molecule has 1 saturated heterocycles. The minimum Gasteiger partial charge on any atom is -0.497 e. The maximum Gasteiger partial charge on any atom is 0.329 e. The normalized spacial score (nSPS) is 16.4. The minimum atomic E-state index is -0.315. The number of aromatic nitrogens is 2. The number of nitrogens with one attached hydrogen (secondary N) is 1. The number of nitrogens with zero attached hydrogens (tertiary/aromatic N) is 1. The van der Waals surface area contributed by atoms with Crippen LogP contribution < -0.4 is 16.0 Å². The van der Waals surface area contributed by atoms with E-state index in [0.29, 0.717) is 16.7 Å². The molecule has 2 aromatic rings. The van der Waals surface area contributed by atoms with Crippen molar-refractivity contribution >= 4 is 22.7 Å². The van der Waals surface area contributed by atoms with Crippen LogP contribution in [-0.2, 0) is 0 Å². The topological polar surface area (TPSA) is 64.1 Å². The van der Waals surface area contributed by atoms with E-state index in [-0.39, 0.29) is 17.3 Å². The molecule has 1 fully saturated rings. The number of fused-ring (bicyclic) bond motifs is 1. The number of ether oxygens (including phenoxy) is 1. The molecule has 1 aromatic carbocycles. The Hall–Kier alpha value is -1.69. The van der Waals surface area contributed by atoms with Crippen molar-refractivity contribution in [2.45, 2.75) is 18.9 Å². The standard InChI is InChI=1S/C14H16N2O3S/c1-19-10-2-3-12-11(8-10)13(17)16(14(18)15-12)9-4-6-20-7-5-9/h2-3,8-9H,4-7H2,1H3,(H,15,18). The fourth-order valence-electron chi connectivity index (χ4n) is 2.61. The van der Waals surface area contributed by atoms with Gasteiger partial charge in [0, 0.05) is 6.04 Å². The van der Waals surface area contributed by atoms with Crippen molar-refractivity contribution in [2.75, 3.05) is 18.6 Å². The first-order chi connectivity index (χ1) is 9.70. The highest BCUT2D eigenvalue weighted by molar-refractivity contribution is 7.99. The third-order valence-corrected chi connectivity index (χ3v) is 4.74. The first-order valence-electron chi connectivity index (χ1n) is 6.61. The summed E-state index contributed by atoms with van der Waals surface area (Å²) < 4.78 is 6.53. The predicted octanol–water partition coefficient (Wildman–Crippen LogP) is 1.77. The van der Waals surface area contributed by atoms with Crippen LogP contribution in [0, 0.1) is 0 Å². The molecule has 0 radical (unpaired) electrons. The number of rotatable bonds is 2. The predicted molar refractivity (Wildman–Crippen MR) is 81.0 cm³/mol. The zero-order valence-electron chi connectivity index (χ0n) is 11.2. The molecule has 0 unspecified atom stereocenters. The van der Waals surface area contributed by atoms with Crippen LogP contribution in [0.15, 0.2) is 27.8 Å². The molecule has 6 heteroatoms. The van der Waals surface area contributed by atoms with Crippen molar-refractivity contribution in [3.8, 4) is 5.75 Å². The Kier molecular flexibility index (Phi) is 3.56. The summed E-state index contributed by atoms with van der Waals surface area (Å²) in [5.74, 6) is 2.60. The van der Waals surface area contributed by atoms with Gasteiger partial charge in [-0.2, -0.15) is 11.8 Å². The number of thioether (sulfide) groups is 1. The third-order valence-electron chi connectivity index (χ3n) is 3.69. The second-order valence-electron chi connectivity index (χ2n) is 4.86. The fourth-order valence-corrected chi connectivity index (χ4v) is 3.69. The second-order valence-corrected chi connectivity index (χ2v) is 6.09. The fraction of sp³-hybridized carbons (Fsp3) is 0.429. The largest absolute Gasteiger partial charge is 0.497 e. The number of aromatic amines is 1. The van der Waals surface area contributed by atoms with Crippen molar-refractivity contribution in [2.24, 2.45) is 0 Å². The second kappa shape index (κ2) is 5.36. The molecule has 0 amide bonds. The van der Waals surface area contributed by atoms with Crippen LogP contribution in [0.2, 0.25) is 0 Å². The summed E-state index contributed by atoms with van der Waals surface area (Å²) in [4.78, 5) is 27.6. The van der Waals surface area contributed by atoms with Crippen LogP contribution in [-0.4, -0.2) is 28.2 Å². The van der Waals surface area contributed by atoms with E-state index < -0.39 is 0 Å². The summed E-state index contributed by atoms with van der Waals surface area (Å²) in [6.45, 7) is 0. The molecule has 3 rings (SSSR count). The van der Waals surface area contributed by atoms with Gasteiger partial charge in [0.05, 0.1) is 18.0 Å². The first kappa shape index (κ1) is 13.3. The summed E-state index contributed by atoms with van der Waals surface area (Å²) >= 11 is 1.87. The van der Waals surface area contributed by atoms with E-state index >= 15 is 0 Å². The van der Waals surface area contributed by atoms with Crippen LogP contribution >= 0.6 is 11.8 Å². The number of hydrogen-bond acceptors (Lipinski definition) is 4. The molecule has 0 spiro atoms. The van der Waals surface area contributed by atoms with Gasteiger partial charge < -0.3 is 9.72 Å². The van der Waals surface area contributed by atoms with E-state index in [9.17, 15) is 9.59 Å². The number of hydrogen-bond donors (Lipinski definition) is 1. The first-order valence-corrected chi connectivity index (χ1v) is 7.76. The van der Waals surface area contributed by atoms with Crippen LogP contribution in [0.5, 0.6) is 5.75 Å². The maximum atomic E-state index is 12.6. The zero-order valence-corrected chi connectivity index (χ0v) is 12.0. The van der Waals surface area contributed by atoms with E-state index in [2.05, 4.69) is 4.98 Å². The average molecular weight is 292 g/mol. The lowest BCUT2D eigenvalue weighted by atomic mass is 10.1. The van der Waals surface area contributed by atoms with Crippen molar-refractivity contribution in [1.82, 2.24) is 9.55 Å². The highest BCUT2D eigenvalue weighted by Gasteiger charge is 2.20. The van der Waals surface area contributed by atoms with Crippen LogP contribution in [0.25, 0.3) is 10.9 Å². The Morgan fingerprint density at radius 3 is 2.75 bits per heavy atom. The van der Waals surface area contributed by atoms with E-state index in [1.54, 1.807) is 25.3 Å². The lowest BCUT2D eigenvalue weighted by Crippen LogP contribution is -2.39. The highest BCUT2D eigenvalue weighted by atomic mass is 32.2. The molecule has 1 aliphatic rings. The molecule has 1 aliphatic heterocycles. The van der Waals surface area contributed by atoms with Crippen LogP contribution in [0.1, 0.15) is 18.9 Å². The SMILES string of the molecule is COc1ccc2[nH]c(=O)n(C3CCSCC3)c(=O)c2c1. The molecular formula is C14H16N2O3S. The quantitative estimate of drug-likeness (QED) is 0.916. The van der Waals surface area contributed by atoms with Gasteiger partial charge in [0.2, 0.25) is 0 Å². The molecule has 0 aliphatic carbocycles. The monoisotopic (exact) mass is 292 g/mol. The van der Waals surface area contributed by atoms with Crippen molar-refractivity contribution in [3.05, 3.63) is 39.0 Å². The smallest absolute Gasteiger partial charge is 0.329 e. The minimum absolute atomic E-state index is 0.00287. The van der Waals surface area contributed by atoms with Gasteiger partial charge in [-0.25, -0.2) is 4.79 Å². The molecule has 1 aromatic heterocycles. The summed E-state index contributed by atoms with van der Waals surface area (Å²) in [5, 5.41) is 0.502. The Morgan fingerprint density at radius 2 is 2.05 bits per heavy atom. The zero-order chi connectivity index (χ0) is 14.1. The molecule has 2 heterocycles. The Morgan fingerprint density at radius 1 is 1.30 bits per heavy atom. The van der Waals surface area contributed by atoms with Gasteiger partial charge in [0.25, 0.3) is 5.56 Å². The number of benzene rings is 1. The van der Waals surface area contributed by atoms with Gasteiger partial charge in [0.1, 0.15) is 5.75 Å². The van der Waals surface area contributed by atoms with E-state index in [1.165, 1.54) is 4.57 Å². The summed E-state index contributed by atoms with van der Waals surface area (Å²) in [5.41, 5.74) is 0.0198. The van der Waals surface area contributed by atoms with E-state index in [1.807, 2.05) is 11.8 Å². The van der Waals surface area contributed by atoms with E-state index in [4.69, 9.17) is 4.74 Å². The third kappa shape index (κ3) is 2.24. The molecule has 106 valence electrons. The van der Waals surface area contributed by atoms with E-state index in [0.717, 1.165) is 24.3 Å². The molecule has 1 N–H and O–H groups in total. The molecule has 5 nitrogen and oxygen atoms in total. The van der Waals surface area contributed by atoms with Gasteiger partial charge >= 0.3 is 5.69 Å². The highest BCUT2D eigenvalue weighted by Crippen LogP contribution is 2.25. The van der Waals surface area contributed by atoms with Gasteiger partial charge in [-0.3, -0.25) is 9.36 Å².